The van der Waals surface area contributed by atoms with Crippen molar-refractivity contribution in [3.8, 4) is 0 Å². The summed E-state index contributed by atoms with van der Waals surface area (Å²) in [6.45, 7) is 2.98. The zero-order valence-corrected chi connectivity index (χ0v) is 10.9. The number of hydrogen-bond donors (Lipinski definition) is 1. The number of nitrogens with zero attached hydrogens (tertiary/aromatic N) is 1. The topological polar surface area (TPSA) is 46.3 Å². The fraction of sp³-hybridized carbons (Fsp3) is 0.462. The highest BCUT2D eigenvalue weighted by Crippen LogP contribution is 2.29. The van der Waals surface area contributed by atoms with Gasteiger partial charge in [0.15, 0.2) is 0 Å². The van der Waals surface area contributed by atoms with Crippen molar-refractivity contribution in [1.82, 2.24) is 4.90 Å². The summed E-state index contributed by atoms with van der Waals surface area (Å²) in [6.07, 6.45) is 0. The van der Waals surface area contributed by atoms with E-state index in [4.69, 9.17) is 5.73 Å². The Bertz CT molecular complexity index is 391. The predicted octanol–water partition coefficient (Wildman–Crippen LogP) is 1.57. The maximum absolute atomic E-state index is 11.8. The summed E-state index contributed by atoms with van der Waals surface area (Å²) in [6, 6.07) is 8.61. The van der Waals surface area contributed by atoms with Crippen LogP contribution in [0.3, 0.4) is 0 Å². The highest BCUT2D eigenvalue weighted by atomic mass is 32.2. The molecule has 3 nitrogen and oxygen atoms in total. The molecule has 0 aromatic heterocycles. The number of aryl methyl sites for hydroxylation is 1. The maximum atomic E-state index is 11.8. The minimum atomic E-state index is 0.0517. The summed E-state index contributed by atoms with van der Waals surface area (Å²) in [5.41, 5.74) is 7.93. The molecule has 1 saturated heterocycles. The Hall–Kier alpha value is -1.00. The van der Waals surface area contributed by atoms with Crippen LogP contribution in [0.25, 0.3) is 0 Å². The average molecular weight is 250 g/mol. The van der Waals surface area contributed by atoms with E-state index in [0.717, 1.165) is 18.1 Å². The van der Waals surface area contributed by atoms with E-state index in [1.165, 1.54) is 11.1 Å². The number of carbonyl (C=O) groups excluding carboxylic acids is 1. The third kappa shape index (κ3) is 2.82. The fourth-order valence-electron chi connectivity index (χ4n) is 2.08. The molecule has 0 aliphatic carbocycles. The summed E-state index contributed by atoms with van der Waals surface area (Å²) in [5, 5.41) is 0. The highest BCUT2D eigenvalue weighted by Gasteiger charge is 2.27. The van der Waals surface area contributed by atoms with Crippen LogP contribution < -0.4 is 5.73 Å². The molecule has 4 heteroatoms. The number of hydrogen-bond acceptors (Lipinski definition) is 3. The highest BCUT2D eigenvalue weighted by molar-refractivity contribution is 7.99. The number of rotatable bonds is 2. The number of nitrogens with two attached hydrogens (primary N) is 1. The molecule has 0 radical (unpaired) electrons. The van der Waals surface area contributed by atoms with Gasteiger partial charge in [0.1, 0.15) is 0 Å². The van der Waals surface area contributed by atoms with E-state index >= 15 is 0 Å². The summed E-state index contributed by atoms with van der Waals surface area (Å²) in [5.74, 6) is 2.03. The van der Waals surface area contributed by atoms with Gasteiger partial charge in [-0.2, -0.15) is 11.8 Å². The van der Waals surface area contributed by atoms with Gasteiger partial charge in [-0.15, -0.1) is 0 Å². The molecule has 1 aromatic carbocycles. The van der Waals surface area contributed by atoms with Gasteiger partial charge in [-0.05, 0) is 12.5 Å². The van der Waals surface area contributed by atoms with Gasteiger partial charge in [0, 0.05) is 18.1 Å². The van der Waals surface area contributed by atoms with E-state index in [0.29, 0.717) is 0 Å². The summed E-state index contributed by atoms with van der Waals surface area (Å²) in [7, 11) is 0. The van der Waals surface area contributed by atoms with Crippen molar-refractivity contribution in [3.63, 3.8) is 0 Å². The van der Waals surface area contributed by atoms with Crippen LogP contribution in [0.2, 0.25) is 0 Å². The van der Waals surface area contributed by atoms with Crippen LogP contribution in [-0.4, -0.2) is 35.4 Å². The molecule has 1 aliphatic rings. The number of carbonyl (C=O) groups is 1. The summed E-state index contributed by atoms with van der Waals surface area (Å²) >= 11 is 1.90. The Labute approximate surface area is 106 Å². The maximum Gasteiger partial charge on any atom is 0.236 e. The van der Waals surface area contributed by atoms with Gasteiger partial charge in [0.2, 0.25) is 5.91 Å². The molecule has 2 rings (SSSR count). The zero-order valence-electron chi connectivity index (χ0n) is 10.1. The van der Waals surface area contributed by atoms with Gasteiger partial charge in [-0.25, -0.2) is 0 Å². The van der Waals surface area contributed by atoms with Crippen LogP contribution in [0.4, 0.5) is 0 Å². The van der Waals surface area contributed by atoms with E-state index in [1.807, 2.05) is 16.7 Å². The Morgan fingerprint density at radius 3 is 2.82 bits per heavy atom. The molecule has 92 valence electrons. The Kier molecular flexibility index (Phi) is 4.07. The Balaban J connectivity index is 2.21. The molecule has 0 saturated carbocycles. The lowest BCUT2D eigenvalue weighted by molar-refractivity contribution is -0.131. The molecular formula is C13H18N2OS. The third-order valence-corrected chi connectivity index (χ3v) is 4.11. The molecular weight excluding hydrogens is 232 g/mol. The Morgan fingerprint density at radius 1 is 1.47 bits per heavy atom. The lowest BCUT2D eigenvalue weighted by Crippen LogP contribution is -2.43. The van der Waals surface area contributed by atoms with Crippen molar-refractivity contribution < 1.29 is 4.79 Å². The SMILES string of the molecule is Cc1ccc(C2CSCCN2C(=O)CN)cc1. The number of amides is 1. The van der Waals surface area contributed by atoms with E-state index in [2.05, 4.69) is 31.2 Å². The molecule has 1 fully saturated rings. The van der Waals surface area contributed by atoms with Crippen molar-refractivity contribution >= 4 is 17.7 Å². The van der Waals surface area contributed by atoms with E-state index < -0.39 is 0 Å². The van der Waals surface area contributed by atoms with Crippen molar-refractivity contribution in [2.45, 2.75) is 13.0 Å². The lowest BCUT2D eigenvalue weighted by atomic mass is 10.0. The van der Waals surface area contributed by atoms with Crippen molar-refractivity contribution in [3.05, 3.63) is 35.4 Å². The zero-order chi connectivity index (χ0) is 12.3. The second-order valence-corrected chi connectivity index (χ2v) is 5.44. The first-order valence-corrected chi connectivity index (χ1v) is 7.01. The van der Waals surface area contributed by atoms with Gasteiger partial charge in [-0.3, -0.25) is 4.79 Å². The van der Waals surface area contributed by atoms with Gasteiger partial charge < -0.3 is 10.6 Å². The first-order valence-electron chi connectivity index (χ1n) is 5.86. The Morgan fingerprint density at radius 2 is 2.18 bits per heavy atom. The standard InChI is InChI=1S/C13H18N2OS/c1-10-2-4-11(5-3-10)12-9-17-7-6-15(12)13(16)8-14/h2-5,12H,6-9,14H2,1H3. The molecule has 1 aliphatic heterocycles. The molecule has 1 aromatic rings. The largest absolute Gasteiger partial charge is 0.333 e. The molecule has 1 amide bonds. The van der Waals surface area contributed by atoms with Crippen LogP contribution in [-0.2, 0) is 4.79 Å². The molecule has 0 bridgehead atoms. The molecule has 0 spiro atoms. The van der Waals surface area contributed by atoms with Gasteiger partial charge >= 0.3 is 0 Å². The van der Waals surface area contributed by atoms with Crippen LogP contribution in [0.5, 0.6) is 0 Å². The lowest BCUT2D eigenvalue weighted by Gasteiger charge is -2.35. The first-order chi connectivity index (χ1) is 8.22. The summed E-state index contributed by atoms with van der Waals surface area (Å²) < 4.78 is 0. The smallest absolute Gasteiger partial charge is 0.236 e. The van der Waals surface area contributed by atoms with Crippen molar-refractivity contribution in [1.29, 1.82) is 0 Å². The minimum absolute atomic E-state index is 0.0517. The first kappa shape index (κ1) is 12.5. The van der Waals surface area contributed by atoms with Gasteiger partial charge in [-0.1, -0.05) is 29.8 Å². The quantitative estimate of drug-likeness (QED) is 0.866. The van der Waals surface area contributed by atoms with E-state index in [1.54, 1.807) is 0 Å². The predicted molar refractivity (Wildman–Crippen MR) is 72.0 cm³/mol. The fourth-order valence-corrected chi connectivity index (χ4v) is 3.17. The normalized spacial score (nSPS) is 20.4. The molecule has 1 atom stereocenters. The molecule has 2 N–H and O–H groups in total. The van der Waals surface area contributed by atoms with Crippen LogP contribution in [0.15, 0.2) is 24.3 Å². The second-order valence-electron chi connectivity index (χ2n) is 4.29. The average Bonchev–Trinajstić information content (AvgIpc) is 2.39. The van der Waals surface area contributed by atoms with Crippen LogP contribution >= 0.6 is 11.8 Å². The monoisotopic (exact) mass is 250 g/mol. The van der Waals surface area contributed by atoms with Crippen LogP contribution in [0.1, 0.15) is 17.2 Å². The van der Waals surface area contributed by atoms with E-state index in [-0.39, 0.29) is 18.5 Å². The minimum Gasteiger partial charge on any atom is -0.333 e. The number of thioether (sulfide) groups is 1. The van der Waals surface area contributed by atoms with Crippen molar-refractivity contribution in [2.24, 2.45) is 5.73 Å². The summed E-state index contributed by atoms with van der Waals surface area (Å²) in [4.78, 5) is 13.7. The third-order valence-electron chi connectivity index (χ3n) is 3.09. The van der Waals surface area contributed by atoms with Crippen molar-refractivity contribution in [2.75, 3.05) is 24.6 Å². The molecule has 17 heavy (non-hydrogen) atoms. The molecule has 1 unspecified atom stereocenters. The van der Waals surface area contributed by atoms with Crippen LogP contribution in [0, 0.1) is 6.92 Å². The van der Waals surface area contributed by atoms with Gasteiger partial charge in [0.25, 0.3) is 0 Å². The molecule has 1 heterocycles. The van der Waals surface area contributed by atoms with E-state index in [9.17, 15) is 4.79 Å². The number of benzene rings is 1. The van der Waals surface area contributed by atoms with Gasteiger partial charge in [0.05, 0.1) is 12.6 Å². The second kappa shape index (κ2) is 5.56.